The van der Waals surface area contributed by atoms with Crippen LogP contribution in [0.15, 0.2) is 27.2 Å². The van der Waals surface area contributed by atoms with Gasteiger partial charge >= 0.3 is 0 Å². The molecule has 0 amide bonds. The molecule has 1 unspecified atom stereocenters. The second-order valence-electron chi connectivity index (χ2n) is 5.20. The van der Waals surface area contributed by atoms with Gasteiger partial charge in [-0.3, -0.25) is 0 Å². The maximum absolute atomic E-state index is 6.17. The average molecular weight is 372 g/mol. The summed E-state index contributed by atoms with van der Waals surface area (Å²) in [4.78, 5) is 6.74. The minimum atomic E-state index is -0.230. The molecule has 7 heteroatoms. The number of aromatic nitrogens is 2. The van der Waals surface area contributed by atoms with Gasteiger partial charge in [-0.25, -0.2) is 0 Å². The van der Waals surface area contributed by atoms with E-state index in [1.54, 1.807) is 12.1 Å². The van der Waals surface area contributed by atoms with E-state index < -0.39 is 0 Å². The van der Waals surface area contributed by atoms with Gasteiger partial charge in [0.1, 0.15) is 0 Å². The van der Waals surface area contributed by atoms with Crippen molar-refractivity contribution in [1.29, 1.82) is 0 Å². The molecule has 5 nitrogen and oxygen atoms in total. The molecule has 112 valence electrons. The Morgan fingerprint density at radius 2 is 2.14 bits per heavy atom. The van der Waals surface area contributed by atoms with Crippen molar-refractivity contribution in [3.8, 4) is 11.5 Å². The second kappa shape index (κ2) is 6.44. The van der Waals surface area contributed by atoms with Crippen molar-refractivity contribution in [3.05, 3.63) is 33.5 Å². The van der Waals surface area contributed by atoms with Crippen LogP contribution in [0.1, 0.15) is 24.7 Å². The fourth-order valence-corrected chi connectivity index (χ4v) is 3.34. The van der Waals surface area contributed by atoms with Crippen LogP contribution in [0.3, 0.4) is 0 Å². The minimum Gasteiger partial charge on any atom is -0.334 e. The van der Waals surface area contributed by atoms with Gasteiger partial charge in [0.25, 0.3) is 5.89 Å². The number of benzene rings is 1. The van der Waals surface area contributed by atoms with Crippen LogP contribution in [0.25, 0.3) is 11.5 Å². The number of nitrogens with two attached hydrogens (primary N) is 1. The molecule has 2 aromatic rings. The second-order valence-corrected chi connectivity index (χ2v) is 6.49. The van der Waals surface area contributed by atoms with E-state index in [1.165, 1.54) is 12.8 Å². The molecule has 1 aliphatic heterocycles. The summed E-state index contributed by atoms with van der Waals surface area (Å²) in [7, 11) is 0. The van der Waals surface area contributed by atoms with Crippen LogP contribution in [0.2, 0.25) is 5.02 Å². The Hall–Kier alpha value is -0.950. The summed E-state index contributed by atoms with van der Waals surface area (Å²) in [5, 5.41) is 4.66. The molecular formula is C14H16BrClN4O. The van der Waals surface area contributed by atoms with Gasteiger partial charge in [0.2, 0.25) is 0 Å². The van der Waals surface area contributed by atoms with E-state index in [2.05, 4.69) is 31.0 Å². The number of hydrogen-bond acceptors (Lipinski definition) is 5. The Bertz CT molecular complexity index is 627. The Balaban J connectivity index is 1.76. The molecule has 0 spiro atoms. The van der Waals surface area contributed by atoms with Gasteiger partial charge in [0.05, 0.1) is 11.6 Å². The normalized spacial score (nSPS) is 17.3. The molecule has 2 heterocycles. The standard InChI is InChI=1S/C14H16BrClN4O/c15-11-7-9(16)3-4-10(11)14-18-13(19-21-14)12(17)8-20-5-1-2-6-20/h3-4,7,12H,1-2,5-6,8,17H2. The zero-order chi connectivity index (χ0) is 14.8. The zero-order valence-corrected chi connectivity index (χ0v) is 13.8. The summed E-state index contributed by atoms with van der Waals surface area (Å²) in [6.45, 7) is 2.96. The molecule has 2 N–H and O–H groups in total. The van der Waals surface area contributed by atoms with Crippen LogP contribution in [-0.4, -0.2) is 34.7 Å². The summed E-state index contributed by atoms with van der Waals surface area (Å²) in [5.41, 5.74) is 6.98. The van der Waals surface area contributed by atoms with E-state index in [9.17, 15) is 0 Å². The Labute approximate surface area is 136 Å². The van der Waals surface area contributed by atoms with E-state index in [0.717, 1.165) is 29.7 Å². The first kappa shape index (κ1) is 15.0. The third-order valence-electron chi connectivity index (χ3n) is 3.59. The highest BCUT2D eigenvalue weighted by Gasteiger charge is 2.21. The molecule has 0 radical (unpaired) electrons. The third-order valence-corrected chi connectivity index (χ3v) is 4.48. The van der Waals surface area contributed by atoms with E-state index in [4.69, 9.17) is 21.9 Å². The molecule has 0 aliphatic carbocycles. The Kier molecular flexibility index (Phi) is 4.59. The molecule has 1 aromatic carbocycles. The lowest BCUT2D eigenvalue weighted by Crippen LogP contribution is -2.30. The first-order valence-corrected chi connectivity index (χ1v) is 8.07. The molecule has 0 bridgehead atoms. The summed E-state index contributed by atoms with van der Waals surface area (Å²) in [5.74, 6) is 0.990. The average Bonchev–Trinajstić information content (AvgIpc) is 3.09. The fourth-order valence-electron chi connectivity index (χ4n) is 2.48. The van der Waals surface area contributed by atoms with Crippen molar-refractivity contribution in [3.63, 3.8) is 0 Å². The molecule has 3 rings (SSSR count). The summed E-state index contributed by atoms with van der Waals surface area (Å²) in [6, 6.07) is 5.20. The van der Waals surface area contributed by atoms with Crippen LogP contribution in [0.4, 0.5) is 0 Å². The first-order valence-electron chi connectivity index (χ1n) is 6.90. The smallest absolute Gasteiger partial charge is 0.259 e. The SMILES string of the molecule is NC(CN1CCCC1)c1noc(-c2ccc(Cl)cc2Br)n1. The van der Waals surface area contributed by atoms with Gasteiger partial charge in [-0.1, -0.05) is 16.8 Å². The van der Waals surface area contributed by atoms with Gasteiger partial charge < -0.3 is 15.2 Å². The quantitative estimate of drug-likeness (QED) is 0.893. The van der Waals surface area contributed by atoms with E-state index >= 15 is 0 Å². The van der Waals surface area contributed by atoms with Crippen LogP contribution in [0.5, 0.6) is 0 Å². The number of halogens is 2. The number of rotatable bonds is 4. The lowest BCUT2D eigenvalue weighted by molar-refractivity contribution is 0.306. The Morgan fingerprint density at radius 1 is 1.38 bits per heavy atom. The lowest BCUT2D eigenvalue weighted by atomic mass is 10.2. The van der Waals surface area contributed by atoms with Gasteiger partial charge in [-0.15, -0.1) is 0 Å². The lowest BCUT2D eigenvalue weighted by Gasteiger charge is -2.17. The van der Waals surface area contributed by atoms with Crippen molar-refractivity contribution < 1.29 is 4.52 Å². The maximum Gasteiger partial charge on any atom is 0.259 e. The van der Waals surface area contributed by atoms with E-state index in [0.29, 0.717) is 16.7 Å². The molecular weight excluding hydrogens is 356 g/mol. The van der Waals surface area contributed by atoms with Crippen molar-refractivity contribution in [2.75, 3.05) is 19.6 Å². The number of likely N-dealkylation sites (tertiary alicyclic amines) is 1. The number of nitrogens with zero attached hydrogens (tertiary/aromatic N) is 3. The van der Waals surface area contributed by atoms with Gasteiger partial charge in [-0.2, -0.15) is 4.98 Å². The summed E-state index contributed by atoms with van der Waals surface area (Å²) in [6.07, 6.45) is 2.48. The third kappa shape index (κ3) is 3.45. The van der Waals surface area contributed by atoms with Gasteiger partial charge in [0, 0.05) is 16.0 Å². The zero-order valence-electron chi connectivity index (χ0n) is 11.4. The molecule has 1 aliphatic rings. The van der Waals surface area contributed by atoms with Crippen LogP contribution >= 0.6 is 27.5 Å². The van der Waals surface area contributed by atoms with Crippen molar-refractivity contribution >= 4 is 27.5 Å². The molecule has 1 saturated heterocycles. The molecule has 21 heavy (non-hydrogen) atoms. The molecule has 1 atom stereocenters. The monoisotopic (exact) mass is 370 g/mol. The van der Waals surface area contributed by atoms with Crippen LogP contribution in [0, 0.1) is 0 Å². The number of hydrogen-bond donors (Lipinski definition) is 1. The molecule has 1 aromatic heterocycles. The fraction of sp³-hybridized carbons (Fsp3) is 0.429. The first-order chi connectivity index (χ1) is 10.1. The van der Waals surface area contributed by atoms with Crippen LogP contribution < -0.4 is 5.73 Å². The highest BCUT2D eigenvalue weighted by molar-refractivity contribution is 9.10. The molecule has 1 fully saturated rings. The largest absolute Gasteiger partial charge is 0.334 e. The van der Waals surface area contributed by atoms with Crippen LogP contribution in [-0.2, 0) is 0 Å². The van der Waals surface area contributed by atoms with E-state index in [1.807, 2.05) is 6.07 Å². The highest BCUT2D eigenvalue weighted by Crippen LogP contribution is 2.30. The van der Waals surface area contributed by atoms with Crippen molar-refractivity contribution in [2.45, 2.75) is 18.9 Å². The maximum atomic E-state index is 6.17. The Morgan fingerprint density at radius 3 is 2.86 bits per heavy atom. The van der Waals surface area contributed by atoms with Crippen molar-refractivity contribution in [2.24, 2.45) is 5.73 Å². The van der Waals surface area contributed by atoms with Gasteiger partial charge in [0.15, 0.2) is 5.82 Å². The van der Waals surface area contributed by atoms with Crippen molar-refractivity contribution in [1.82, 2.24) is 15.0 Å². The predicted octanol–water partition coefficient (Wildman–Crippen LogP) is 3.25. The molecule has 0 saturated carbocycles. The highest BCUT2D eigenvalue weighted by atomic mass is 79.9. The minimum absolute atomic E-state index is 0.230. The topological polar surface area (TPSA) is 68.2 Å². The predicted molar refractivity (Wildman–Crippen MR) is 85.0 cm³/mol. The summed E-state index contributed by atoms with van der Waals surface area (Å²) < 4.78 is 6.14. The van der Waals surface area contributed by atoms with E-state index in [-0.39, 0.29) is 6.04 Å². The van der Waals surface area contributed by atoms with Gasteiger partial charge in [-0.05, 0) is 60.1 Å². The summed E-state index contributed by atoms with van der Waals surface area (Å²) >= 11 is 9.38.